The smallest absolute Gasteiger partial charge is 0.251 e. The quantitative estimate of drug-likeness (QED) is 0.806. The van der Waals surface area contributed by atoms with E-state index < -0.39 is 0 Å². The van der Waals surface area contributed by atoms with Crippen molar-refractivity contribution >= 4 is 23.5 Å². The molecule has 3 saturated heterocycles. The number of carbonyl (C=O) groups is 2. The molecule has 0 aliphatic carbocycles. The van der Waals surface area contributed by atoms with Crippen LogP contribution in [-0.4, -0.2) is 47.3 Å². The van der Waals surface area contributed by atoms with Crippen molar-refractivity contribution < 1.29 is 9.59 Å². The lowest BCUT2D eigenvalue weighted by Crippen LogP contribution is -2.57. The second kappa shape index (κ2) is 7.82. The summed E-state index contributed by atoms with van der Waals surface area (Å²) in [5.74, 6) is 0.630. The summed E-state index contributed by atoms with van der Waals surface area (Å²) in [6.07, 6.45) is 5.70. The lowest BCUT2D eigenvalue weighted by Gasteiger charge is -2.44. The van der Waals surface area contributed by atoms with Gasteiger partial charge in [-0.2, -0.15) is 0 Å². The van der Waals surface area contributed by atoms with Gasteiger partial charge < -0.3 is 10.2 Å². The van der Waals surface area contributed by atoms with Crippen molar-refractivity contribution in [2.75, 3.05) is 19.6 Å². The van der Waals surface area contributed by atoms with Crippen LogP contribution < -0.4 is 5.32 Å². The first-order chi connectivity index (χ1) is 13.1. The Labute approximate surface area is 163 Å². The molecule has 3 fully saturated rings. The molecule has 1 N–H and O–H groups in total. The number of nitrogens with one attached hydrogen (secondary N) is 1. The standard InChI is InChI=1S/C21H23N3O2S/c1-14(25)17-10-19(12-22-11-17)27-18-4-2-16(3-5-18)21(26)23-20-13-24-8-6-15(20)7-9-24/h2-5,10-12,15,20H,6-9,13H2,1H3,(H,23,26)/t20-/m0/s1. The molecule has 2 bridgehead atoms. The number of rotatable bonds is 5. The Balaban J connectivity index is 1.39. The van der Waals surface area contributed by atoms with Crippen LogP contribution in [-0.2, 0) is 0 Å². The van der Waals surface area contributed by atoms with Gasteiger partial charge in [0.2, 0.25) is 0 Å². The van der Waals surface area contributed by atoms with E-state index >= 15 is 0 Å². The number of amides is 1. The summed E-state index contributed by atoms with van der Waals surface area (Å²) in [7, 11) is 0. The molecule has 0 saturated carbocycles. The number of nitrogens with zero attached hydrogens (tertiary/aromatic N) is 2. The van der Waals surface area contributed by atoms with Crippen LogP contribution in [0.1, 0.15) is 40.5 Å². The van der Waals surface area contributed by atoms with Crippen LogP contribution in [0, 0.1) is 5.92 Å². The summed E-state index contributed by atoms with van der Waals surface area (Å²) in [4.78, 5) is 32.6. The molecule has 1 amide bonds. The molecule has 3 aliphatic rings. The second-order valence-electron chi connectivity index (χ2n) is 7.31. The third-order valence-electron chi connectivity index (χ3n) is 5.44. The molecule has 4 heterocycles. The monoisotopic (exact) mass is 381 g/mol. The maximum atomic E-state index is 12.6. The zero-order valence-corrected chi connectivity index (χ0v) is 16.2. The van der Waals surface area contributed by atoms with Crippen LogP contribution >= 0.6 is 11.8 Å². The largest absolute Gasteiger partial charge is 0.348 e. The molecule has 1 aromatic heterocycles. The minimum atomic E-state index is 0.00436. The van der Waals surface area contributed by atoms with Gasteiger partial charge in [0.15, 0.2) is 5.78 Å². The van der Waals surface area contributed by atoms with Crippen LogP contribution in [0.3, 0.4) is 0 Å². The van der Waals surface area contributed by atoms with Gasteiger partial charge in [0, 0.05) is 45.9 Å². The van der Waals surface area contributed by atoms with Gasteiger partial charge in [-0.1, -0.05) is 11.8 Å². The van der Waals surface area contributed by atoms with Gasteiger partial charge in [0.25, 0.3) is 5.91 Å². The number of fused-ring (bicyclic) bond motifs is 3. The number of Topliss-reactive ketones (excluding diaryl/α,β-unsaturated/α-hetero) is 1. The van der Waals surface area contributed by atoms with Gasteiger partial charge >= 0.3 is 0 Å². The summed E-state index contributed by atoms with van der Waals surface area (Å²) >= 11 is 1.53. The Bertz CT molecular complexity index is 845. The zero-order chi connectivity index (χ0) is 18.8. The van der Waals surface area contributed by atoms with E-state index in [2.05, 4.69) is 15.2 Å². The molecule has 140 valence electrons. The topological polar surface area (TPSA) is 62.3 Å². The fraction of sp³-hybridized carbons (Fsp3) is 0.381. The minimum absolute atomic E-state index is 0.00436. The first kappa shape index (κ1) is 18.2. The Morgan fingerprint density at radius 3 is 2.44 bits per heavy atom. The Morgan fingerprint density at radius 2 is 1.81 bits per heavy atom. The molecular formula is C21H23N3O2S. The molecule has 27 heavy (non-hydrogen) atoms. The first-order valence-electron chi connectivity index (χ1n) is 9.35. The van der Waals surface area contributed by atoms with Gasteiger partial charge in [0.1, 0.15) is 0 Å². The molecule has 1 aromatic carbocycles. The van der Waals surface area contributed by atoms with Gasteiger partial charge in [-0.05, 0) is 69.1 Å². The third kappa shape index (κ3) is 4.22. The summed E-state index contributed by atoms with van der Waals surface area (Å²) < 4.78 is 0. The van der Waals surface area contributed by atoms with Crippen molar-refractivity contribution in [3.63, 3.8) is 0 Å². The molecule has 5 rings (SSSR count). The number of piperidine rings is 3. The van der Waals surface area contributed by atoms with Gasteiger partial charge in [-0.3, -0.25) is 14.6 Å². The molecule has 0 spiro atoms. The molecule has 1 atom stereocenters. The van der Waals surface area contributed by atoms with Gasteiger partial charge in [-0.25, -0.2) is 0 Å². The van der Waals surface area contributed by atoms with Gasteiger partial charge in [0.05, 0.1) is 0 Å². The van der Waals surface area contributed by atoms with Crippen molar-refractivity contribution in [2.45, 2.75) is 35.6 Å². The summed E-state index contributed by atoms with van der Waals surface area (Å²) in [6, 6.07) is 9.72. The second-order valence-corrected chi connectivity index (χ2v) is 8.46. The molecule has 2 aromatic rings. The Kier molecular flexibility index (Phi) is 5.27. The number of pyridine rings is 1. The van der Waals surface area contributed by atoms with E-state index in [1.54, 1.807) is 12.4 Å². The van der Waals surface area contributed by atoms with E-state index in [4.69, 9.17) is 0 Å². The number of benzene rings is 1. The third-order valence-corrected chi connectivity index (χ3v) is 6.41. The van der Waals surface area contributed by atoms with Crippen LogP contribution in [0.25, 0.3) is 0 Å². The van der Waals surface area contributed by atoms with E-state index in [0.717, 1.165) is 16.3 Å². The lowest BCUT2D eigenvalue weighted by atomic mass is 9.84. The molecule has 3 aliphatic heterocycles. The van der Waals surface area contributed by atoms with E-state index in [1.165, 1.54) is 44.6 Å². The highest BCUT2D eigenvalue weighted by Gasteiger charge is 2.34. The molecule has 6 heteroatoms. The minimum Gasteiger partial charge on any atom is -0.348 e. The lowest BCUT2D eigenvalue weighted by molar-refractivity contribution is 0.0620. The Morgan fingerprint density at radius 1 is 1.07 bits per heavy atom. The Hall–Kier alpha value is -2.18. The van der Waals surface area contributed by atoms with Gasteiger partial charge in [-0.15, -0.1) is 0 Å². The highest BCUT2D eigenvalue weighted by molar-refractivity contribution is 7.99. The highest BCUT2D eigenvalue weighted by Crippen LogP contribution is 2.29. The number of aromatic nitrogens is 1. The van der Waals surface area contributed by atoms with Crippen LogP contribution in [0.5, 0.6) is 0 Å². The number of carbonyl (C=O) groups excluding carboxylic acids is 2. The average Bonchev–Trinajstić information content (AvgIpc) is 2.69. The fourth-order valence-electron chi connectivity index (χ4n) is 3.86. The average molecular weight is 382 g/mol. The fourth-order valence-corrected chi connectivity index (χ4v) is 4.70. The number of hydrogen-bond donors (Lipinski definition) is 1. The maximum absolute atomic E-state index is 12.6. The van der Waals surface area contributed by atoms with Crippen molar-refractivity contribution in [3.8, 4) is 0 Å². The normalized spacial score (nSPS) is 23.8. The van der Waals surface area contributed by atoms with Crippen LogP contribution in [0.15, 0.2) is 52.5 Å². The summed E-state index contributed by atoms with van der Waals surface area (Å²) in [5, 5.41) is 3.22. The molecule has 0 unspecified atom stereocenters. The zero-order valence-electron chi connectivity index (χ0n) is 15.4. The molecule has 5 nitrogen and oxygen atoms in total. The van der Waals surface area contributed by atoms with Crippen LogP contribution in [0.2, 0.25) is 0 Å². The number of ketones is 1. The van der Waals surface area contributed by atoms with Crippen molar-refractivity contribution in [2.24, 2.45) is 5.92 Å². The maximum Gasteiger partial charge on any atom is 0.251 e. The van der Waals surface area contributed by atoms with Crippen molar-refractivity contribution in [3.05, 3.63) is 53.9 Å². The van der Waals surface area contributed by atoms with Crippen molar-refractivity contribution in [1.82, 2.24) is 15.2 Å². The van der Waals surface area contributed by atoms with Crippen molar-refractivity contribution in [1.29, 1.82) is 0 Å². The highest BCUT2D eigenvalue weighted by atomic mass is 32.2. The summed E-state index contributed by atoms with van der Waals surface area (Å²) in [6.45, 7) is 4.85. The van der Waals surface area contributed by atoms with E-state index in [9.17, 15) is 9.59 Å². The van der Waals surface area contributed by atoms with E-state index in [1.807, 2.05) is 30.3 Å². The molecular weight excluding hydrogens is 358 g/mol. The van der Waals surface area contributed by atoms with E-state index in [-0.39, 0.29) is 17.7 Å². The number of hydrogen-bond acceptors (Lipinski definition) is 5. The SMILES string of the molecule is CC(=O)c1cncc(Sc2ccc(C(=O)N[C@H]3CN4CCC3CC4)cc2)c1. The first-order valence-corrected chi connectivity index (χ1v) is 10.2. The van der Waals surface area contributed by atoms with Crippen LogP contribution in [0.4, 0.5) is 0 Å². The predicted octanol–water partition coefficient (Wildman–Crippen LogP) is 3.26. The predicted molar refractivity (Wildman–Crippen MR) is 105 cm³/mol. The van der Waals surface area contributed by atoms with E-state index in [0.29, 0.717) is 17.0 Å². The summed E-state index contributed by atoms with van der Waals surface area (Å²) in [5.41, 5.74) is 1.29. The molecule has 0 radical (unpaired) electrons.